The van der Waals surface area contributed by atoms with Gasteiger partial charge in [0.15, 0.2) is 0 Å². The van der Waals surface area contributed by atoms with Crippen molar-refractivity contribution in [3.63, 3.8) is 0 Å². The first-order valence-corrected chi connectivity index (χ1v) is 8.17. The highest BCUT2D eigenvalue weighted by molar-refractivity contribution is 5.68. The van der Waals surface area contributed by atoms with Crippen LogP contribution in [0.3, 0.4) is 0 Å². The molecule has 1 fully saturated rings. The fraction of sp³-hybridized carbons (Fsp3) is 0.611. The summed E-state index contributed by atoms with van der Waals surface area (Å²) in [5, 5.41) is 3.53. The number of nitrogens with zero attached hydrogens (tertiary/aromatic N) is 1. The Hall–Kier alpha value is -1.55. The van der Waals surface area contributed by atoms with Gasteiger partial charge in [0.2, 0.25) is 0 Å². The molecule has 1 N–H and O–H groups in total. The van der Waals surface area contributed by atoms with Crippen LogP contribution in [0.4, 0.5) is 4.79 Å². The number of amides is 1. The van der Waals surface area contributed by atoms with Gasteiger partial charge < -0.3 is 15.0 Å². The molecule has 1 aliphatic heterocycles. The molecule has 2 atom stereocenters. The van der Waals surface area contributed by atoms with Gasteiger partial charge in [-0.05, 0) is 39.3 Å². The van der Waals surface area contributed by atoms with Crippen LogP contribution in [0.15, 0.2) is 30.3 Å². The molecule has 1 amide bonds. The van der Waals surface area contributed by atoms with Gasteiger partial charge in [0, 0.05) is 25.0 Å². The predicted octanol–water partition coefficient (Wildman–Crippen LogP) is 3.39. The highest BCUT2D eigenvalue weighted by atomic mass is 16.6. The highest BCUT2D eigenvalue weighted by Crippen LogP contribution is 2.29. The van der Waals surface area contributed by atoms with E-state index >= 15 is 0 Å². The standard InChI is InChI=1S/C18H28N2O2/c1-5-19-16-13-20(17(21)22-18(2,3)4)12-11-15(16)14-9-7-6-8-10-14/h6-10,15-16,19H,5,11-13H2,1-4H3. The molecule has 0 radical (unpaired) electrons. The lowest BCUT2D eigenvalue weighted by Gasteiger charge is -2.39. The summed E-state index contributed by atoms with van der Waals surface area (Å²) in [6, 6.07) is 10.8. The molecular weight excluding hydrogens is 276 g/mol. The molecule has 1 aromatic carbocycles. The first kappa shape index (κ1) is 16.8. The molecule has 4 nitrogen and oxygen atoms in total. The highest BCUT2D eigenvalue weighted by Gasteiger charge is 2.33. The normalized spacial score (nSPS) is 22.5. The van der Waals surface area contributed by atoms with Crippen LogP contribution in [0, 0.1) is 0 Å². The lowest BCUT2D eigenvalue weighted by molar-refractivity contribution is 0.0172. The summed E-state index contributed by atoms with van der Waals surface area (Å²) in [5.74, 6) is 0.444. The molecule has 1 aromatic rings. The maximum Gasteiger partial charge on any atom is 0.410 e. The smallest absolute Gasteiger partial charge is 0.410 e. The Morgan fingerprint density at radius 1 is 1.32 bits per heavy atom. The summed E-state index contributed by atoms with van der Waals surface area (Å²) >= 11 is 0. The molecule has 0 aliphatic carbocycles. The van der Waals surface area contributed by atoms with Crippen molar-refractivity contribution < 1.29 is 9.53 Å². The van der Waals surface area contributed by atoms with Gasteiger partial charge in [-0.2, -0.15) is 0 Å². The summed E-state index contributed by atoms with van der Waals surface area (Å²) in [5.41, 5.74) is 0.901. The van der Waals surface area contributed by atoms with Crippen molar-refractivity contribution in [2.45, 2.75) is 51.7 Å². The average Bonchev–Trinajstić information content (AvgIpc) is 2.47. The SMILES string of the molecule is CCNC1CN(C(=O)OC(C)(C)C)CCC1c1ccccc1. The number of benzene rings is 1. The van der Waals surface area contributed by atoms with E-state index in [1.54, 1.807) is 0 Å². The van der Waals surface area contributed by atoms with Crippen molar-refractivity contribution >= 4 is 6.09 Å². The Balaban J connectivity index is 2.06. The topological polar surface area (TPSA) is 41.6 Å². The molecule has 4 heteroatoms. The van der Waals surface area contributed by atoms with E-state index in [0.717, 1.165) is 19.5 Å². The molecule has 2 rings (SSSR count). The third-order valence-corrected chi connectivity index (χ3v) is 3.96. The maximum atomic E-state index is 12.3. The minimum absolute atomic E-state index is 0.207. The summed E-state index contributed by atoms with van der Waals surface area (Å²) < 4.78 is 5.50. The first-order valence-electron chi connectivity index (χ1n) is 8.17. The van der Waals surface area contributed by atoms with E-state index in [4.69, 9.17) is 4.74 Å². The van der Waals surface area contributed by atoms with Gasteiger partial charge in [0.25, 0.3) is 0 Å². The van der Waals surface area contributed by atoms with Crippen LogP contribution >= 0.6 is 0 Å². The van der Waals surface area contributed by atoms with E-state index in [2.05, 4.69) is 36.5 Å². The molecule has 1 saturated heterocycles. The van der Waals surface area contributed by atoms with Gasteiger partial charge in [-0.25, -0.2) is 4.79 Å². The predicted molar refractivity (Wildman–Crippen MR) is 89.1 cm³/mol. The largest absolute Gasteiger partial charge is 0.444 e. The summed E-state index contributed by atoms with van der Waals surface area (Å²) in [4.78, 5) is 14.1. The van der Waals surface area contributed by atoms with E-state index < -0.39 is 5.60 Å². The number of nitrogens with one attached hydrogen (secondary N) is 1. The van der Waals surface area contributed by atoms with Gasteiger partial charge in [0.05, 0.1) is 0 Å². The second-order valence-corrected chi connectivity index (χ2v) is 6.90. The number of hydrogen-bond donors (Lipinski definition) is 1. The fourth-order valence-electron chi connectivity index (χ4n) is 3.01. The van der Waals surface area contributed by atoms with Crippen molar-refractivity contribution in [3.8, 4) is 0 Å². The van der Waals surface area contributed by atoms with E-state index in [-0.39, 0.29) is 12.1 Å². The van der Waals surface area contributed by atoms with Crippen LogP contribution in [0.1, 0.15) is 45.6 Å². The van der Waals surface area contributed by atoms with Crippen molar-refractivity contribution in [3.05, 3.63) is 35.9 Å². The van der Waals surface area contributed by atoms with Crippen molar-refractivity contribution in [2.24, 2.45) is 0 Å². The average molecular weight is 304 g/mol. The van der Waals surface area contributed by atoms with Gasteiger partial charge in [-0.1, -0.05) is 37.3 Å². The Bertz CT molecular complexity index is 482. The van der Waals surface area contributed by atoms with Gasteiger partial charge >= 0.3 is 6.09 Å². The monoisotopic (exact) mass is 304 g/mol. The zero-order chi connectivity index (χ0) is 16.2. The third kappa shape index (κ3) is 4.47. The minimum Gasteiger partial charge on any atom is -0.444 e. The number of piperidine rings is 1. The molecule has 0 spiro atoms. The summed E-state index contributed by atoms with van der Waals surface area (Å²) in [7, 11) is 0. The molecule has 0 aromatic heterocycles. The molecule has 0 bridgehead atoms. The lowest BCUT2D eigenvalue weighted by Crippen LogP contribution is -2.52. The zero-order valence-electron chi connectivity index (χ0n) is 14.1. The molecular formula is C18H28N2O2. The number of likely N-dealkylation sites (N-methyl/N-ethyl adjacent to an activating group) is 1. The fourth-order valence-corrected chi connectivity index (χ4v) is 3.01. The summed E-state index contributed by atoms with van der Waals surface area (Å²) in [6.45, 7) is 10.2. The third-order valence-electron chi connectivity index (χ3n) is 3.96. The van der Waals surface area contributed by atoms with Crippen molar-refractivity contribution in [2.75, 3.05) is 19.6 Å². The Kier molecular flexibility index (Phi) is 5.46. The number of carbonyl (C=O) groups is 1. The van der Waals surface area contributed by atoms with Crippen LogP contribution in [0.2, 0.25) is 0 Å². The van der Waals surface area contributed by atoms with Crippen LogP contribution in [0.5, 0.6) is 0 Å². The summed E-state index contributed by atoms with van der Waals surface area (Å²) in [6.07, 6.45) is 0.753. The van der Waals surface area contributed by atoms with Crippen LogP contribution in [-0.2, 0) is 4.74 Å². The van der Waals surface area contributed by atoms with Crippen LogP contribution < -0.4 is 5.32 Å². The first-order chi connectivity index (χ1) is 10.4. The van der Waals surface area contributed by atoms with Gasteiger partial charge in [-0.3, -0.25) is 0 Å². The van der Waals surface area contributed by atoms with E-state index in [1.807, 2.05) is 31.7 Å². The van der Waals surface area contributed by atoms with Crippen molar-refractivity contribution in [1.29, 1.82) is 0 Å². The Morgan fingerprint density at radius 2 is 2.00 bits per heavy atom. The van der Waals surface area contributed by atoms with Crippen molar-refractivity contribution in [1.82, 2.24) is 10.2 Å². The van der Waals surface area contributed by atoms with Crippen LogP contribution in [0.25, 0.3) is 0 Å². The van der Waals surface area contributed by atoms with Crippen LogP contribution in [-0.4, -0.2) is 42.3 Å². The Morgan fingerprint density at radius 3 is 2.59 bits per heavy atom. The molecule has 1 heterocycles. The minimum atomic E-state index is -0.443. The number of hydrogen-bond acceptors (Lipinski definition) is 3. The number of ether oxygens (including phenoxy) is 1. The lowest BCUT2D eigenvalue weighted by atomic mass is 9.85. The molecule has 22 heavy (non-hydrogen) atoms. The van der Waals surface area contributed by atoms with E-state index in [0.29, 0.717) is 12.5 Å². The Labute approximate surface area is 133 Å². The second-order valence-electron chi connectivity index (χ2n) is 6.90. The second kappa shape index (κ2) is 7.14. The van der Waals surface area contributed by atoms with E-state index in [1.165, 1.54) is 5.56 Å². The number of rotatable bonds is 3. The maximum absolute atomic E-state index is 12.3. The number of likely N-dealkylation sites (tertiary alicyclic amines) is 1. The molecule has 1 aliphatic rings. The quantitative estimate of drug-likeness (QED) is 0.930. The zero-order valence-corrected chi connectivity index (χ0v) is 14.1. The van der Waals surface area contributed by atoms with Gasteiger partial charge in [-0.15, -0.1) is 0 Å². The number of carbonyl (C=O) groups excluding carboxylic acids is 1. The van der Waals surface area contributed by atoms with E-state index in [9.17, 15) is 4.79 Å². The molecule has 122 valence electrons. The molecule has 0 saturated carbocycles. The van der Waals surface area contributed by atoms with Gasteiger partial charge in [0.1, 0.15) is 5.60 Å². The molecule has 2 unspecified atom stereocenters.